The van der Waals surface area contributed by atoms with Crippen molar-refractivity contribution in [1.82, 2.24) is 5.16 Å². The summed E-state index contributed by atoms with van der Waals surface area (Å²) >= 11 is 3.47. The van der Waals surface area contributed by atoms with Crippen molar-refractivity contribution in [2.24, 2.45) is 0 Å². The van der Waals surface area contributed by atoms with E-state index in [1.165, 1.54) is 0 Å². The van der Waals surface area contributed by atoms with Crippen molar-refractivity contribution in [2.45, 2.75) is 20.0 Å². The number of rotatable bonds is 4. The van der Waals surface area contributed by atoms with Gasteiger partial charge < -0.3 is 19.7 Å². The molecule has 0 aliphatic carbocycles. The number of benzene rings is 1. The highest BCUT2D eigenvalue weighted by Crippen LogP contribution is 2.39. The number of methoxy groups -OCH3 is 1. The molecule has 0 bridgehead atoms. The summed E-state index contributed by atoms with van der Waals surface area (Å²) in [4.78, 5) is 0. The first kappa shape index (κ1) is 13.7. The lowest BCUT2D eigenvalue weighted by atomic mass is 10.1. The number of nitrogens with zero attached hydrogens (tertiary/aromatic N) is 1. The highest BCUT2D eigenvalue weighted by Gasteiger charge is 2.15. The fraction of sp³-hybridized carbons (Fsp3) is 0.308. The largest absolute Gasteiger partial charge is 0.493 e. The fourth-order valence-electron chi connectivity index (χ4n) is 1.65. The first-order chi connectivity index (χ1) is 9.01. The predicted molar refractivity (Wildman–Crippen MR) is 76.4 cm³/mol. The minimum atomic E-state index is 0.0442. The van der Waals surface area contributed by atoms with Gasteiger partial charge in [0.2, 0.25) is 0 Å². The van der Waals surface area contributed by atoms with Crippen LogP contribution in [0.2, 0.25) is 0 Å². The SMILES string of the molecule is COc1cc(Br)c(-c2cc(N)no2)cc1OC(C)C. The molecule has 0 amide bonds. The Labute approximate surface area is 119 Å². The summed E-state index contributed by atoms with van der Waals surface area (Å²) in [5, 5.41) is 3.68. The zero-order chi connectivity index (χ0) is 14.0. The molecular formula is C13H15BrN2O3. The summed E-state index contributed by atoms with van der Waals surface area (Å²) in [6.07, 6.45) is 0.0442. The molecule has 0 saturated carbocycles. The lowest BCUT2D eigenvalue weighted by Crippen LogP contribution is -2.06. The highest BCUT2D eigenvalue weighted by atomic mass is 79.9. The van der Waals surface area contributed by atoms with Gasteiger partial charge in [-0.1, -0.05) is 5.16 Å². The molecule has 2 N–H and O–H groups in total. The van der Waals surface area contributed by atoms with E-state index in [1.807, 2.05) is 26.0 Å². The second-order valence-electron chi connectivity index (χ2n) is 4.27. The van der Waals surface area contributed by atoms with E-state index in [-0.39, 0.29) is 6.10 Å². The minimum absolute atomic E-state index is 0.0442. The van der Waals surface area contributed by atoms with Crippen LogP contribution in [0.15, 0.2) is 27.2 Å². The van der Waals surface area contributed by atoms with Crippen molar-refractivity contribution >= 4 is 21.7 Å². The van der Waals surface area contributed by atoms with E-state index < -0.39 is 0 Å². The number of anilines is 1. The first-order valence-corrected chi connectivity index (χ1v) is 6.57. The molecule has 2 rings (SSSR count). The number of halogens is 1. The summed E-state index contributed by atoms with van der Waals surface area (Å²) in [5.41, 5.74) is 6.37. The van der Waals surface area contributed by atoms with Crippen LogP contribution in [-0.4, -0.2) is 18.4 Å². The molecule has 0 saturated heterocycles. The van der Waals surface area contributed by atoms with Crippen molar-refractivity contribution in [3.63, 3.8) is 0 Å². The smallest absolute Gasteiger partial charge is 0.170 e. The molecule has 19 heavy (non-hydrogen) atoms. The van der Waals surface area contributed by atoms with E-state index >= 15 is 0 Å². The highest BCUT2D eigenvalue weighted by molar-refractivity contribution is 9.10. The number of hydrogen-bond acceptors (Lipinski definition) is 5. The second kappa shape index (κ2) is 5.52. The van der Waals surface area contributed by atoms with Crippen LogP contribution in [0.5, 0.6) is 11.5 Å². The van der Waals surface area contributed by atoms with Gasteiger partial charge in [-0.3, -0.25) is 0 Å². The third kappa shape index (κ3) is 3.01. The Balaban J connectivity index is 2.49. The third-order valence-electron chi connectivity index (χ3n) is 2.41. The van der Waals surface area contributed by atoms with Gasteiger partial charge in [-0.25, -0.2) is 0 Å². The van der Waals surface area contributed by atoms with Crippen LogP contribution in [0, 0.1) is 0 Å². The summed E-state index contributed by atoms with van der Waals surface area (Å²) < 4.78 is 17.0. The Morgan fingerprint density at radius 1 is 1.26 bits per heavy atom. The molecule has 0 aliphatic heterocycles. The molecule has 0 aliphatic rings. The van der Waals surface area contributed by atoms with E-state index in [0.29, 0.717) is 23.1 Å². The molecule has 1 aromatic heterocycles. The van der Waals surface area contributed by atoms with Gasteiger partial charge in [-0.15, -0.1) is 0 Å². The zero-order valence-corrected chi connectivity index (χ0v) is 12.5. The molecule has 0 atom stereocenters. The van der Waals surface area contributed by atoms with Crippen LogP contribution in [-0.2, 0) is 0 Å². The number of nitrogen functional groups attached to an aromatic ring is 1. The van der Waals surface area contributed by atoms with Gasteiger partial charge >= 0.3 is 0 Å². The molecule has 0 spiro atoms. The monoisotopic (exact) mass is 326 g/mol. The van der Waals surface area contributed by atoms with E-state index in [9.17, 15) is 0 Å². The van der Waals surface area contributed by atoms with Gasteiger partial charge in [0, 0.05) is 16.1 Å². The standard InChI is InChI=1S/C13H15BrN2O3/c1-7(2)18-12-4-8(9(14)5-11(12)17-3)10-6-13(15)16-19-10/h4-7H,1-3H3,(H2,15,16). The van der Waals surface area contributed by atoms with Gasteiger partial charge in [-0.2, -0.15) is 0 Å². The van der Waals surface area contributed by atoms with E-state index in [2.05, 4.69) is 21.1 Å². The minimum Gasteiger partial charge on any atom is -0.493 e. The molecule has 2 aromatic rings. The number of ether oxygens (including phenoxy) is 2. The van der Waals surface area contributed by atoms with Crippen molar-refractivity contribution in [3.05, 3.63) is 22.7 Å². The summed E-state index contributed by atoms with van der Waals surface area (Å²) in [7, 11) is 1.60. The summed E-state index contributed by atoms with van der Waals surface area (Å²) in [6.45, 7) is 3.90. The number of aromatic nitrogens is 1. The second-order valence-corrected chi connectivity index (χ2v) is 5.12. The zero-order valence-electron chi connectivity index (χ0n) is 10.9. The van der Waals surface area contributed by atoms with Gasteiger partial charge in [0.05, 0.1) is 13.2 Å². The fourth-order valence-corrected chi connectivity index (χ4v) is 2.16. The van der Waals surface area contributed by atoms with Crippen molar-refractivity contribution in [3.8, 4) is 22.8 Å². The van der Waals surface area contributed by atoms with Gasteiger partial charge in [-0.05, 0) is 41.9 Å². The summed E-state index contributed by atoms with van der Waals surface area (Å²) in [5.74, 6) is 2.20. The van der Waals surface area contributed by atoms with Crippen LogP contribution in [0.4, 0.5) is 5.82 Å². The van der Waals surface area contributed by atoms with Crippen molar-refractivity contribution < 1.29 is 14.0 Å². The number of nitrogens with two attached hydrogens (primary N) is 1. The lowest BCUT2D eigenvalue weighted by molar-refractivity contribution is 0.230. The first-order valence-electron chi connectivity index (χ1n) is 5.78. The molecular weight excluding hydrogens is 312 g/mol. The Bertz CT molecular complexity index is 581. The molecule has 102 valence electrons. The number of hydrogen-bond donors (Lipinski definition) is 1. The molecule has 1 heterocycles. The normalized spacial score (nSPS) is 10.8. The Morgan fingerprint density at radius 3 is 2.53 bits per heavy atom. The quantitative estimate of drug-likeness (QED) is 0.931. The average molecular weight is 327 g/mol. The molecule has 5 nitrogen and oxygen atoms in total. The molecule has 0 fully saturated rings. The molecule has 0 unspecified atom stereocenters. The van der Waals surface area contributed by atoms with Gasteiger partial charge in [0.15, 0.2) is 23.1 Å². The van der Waals surface area contributed by atoms with Crippen molar-refractivity contribution in [2.75, 3.05) is 12.8 Å². The Kier molecular flexibility index (Phi) is 3.99. The topological polar surface area (TPSA) is 70.5 Å². The third-order valence-corrected chi connectivity index (χ3v) is 3.07. The molecule has 0 radical (unpaired) electrons. The van der Waals surface area contributed by atoms with Crippen LogP contribution >= 0.6 is 15.9 Å². The maximum Gasteiger partial charge on any atom is 0.170 e. The Hall–Kier alpha value is -1.69. The van der Waals surface area contributed by atoms with Crippen LogP contribution in [0.1, 0.15) is 13.8 Å². The predicted octanol–water partition coefficient (Wildman–Crippen LogP) is 3.48. The van der Waals surface area contributed by atoms with Gasteiger partial charge in [0.25, 0.3) is 0 Å². The van der Waals surface area contributed by atoms with Crippen molar-refractivity contribution in [1.29, 1.82) is 0 Å². The Morgan fingerprint density at radius 2 is 2.00 bits per heavy atom. The average Bonchev–Trinajstić information content (AvgIpc) is 2.77. The maximum atomic E-state index is 5.72. The van der Waals surface area contributed by atoms with E-state index in [4.69, 9.17) is 19.7 Å². The van der Waals surface area contributed by atoms with E-state index in [0.717, 1.165) is 10.0 Å². The molecule has 1 aromatic carbocycles. The summed E-state index contributed by atoms with van der Waals surface area (Å²) in [6, 6.07) is 5.32. The van der Waals surface area contributed by atoms with Crippen LogP contribution in [0.25, 0.3) is 11.3 Å². The molecule has 6 heteroatoms. The maximum absolute atomic E-state index is 5.72. The van der Waals surface area contributed by atoms with E-state index in [1.54, 1.807) is 13.2 Å². The van der Waals surface area contributed by atoms with Gasteiger partial charge in [0.1, 0.15) is 0 Å². The lowest BCUT2D eigenvalue weighted by Gasteiger charge is -2.15. The van der Waals surface area contributed by atoms with Crippen LogP contribution in [0.3, 0.4) is 0 Å². The van der Waals surface area contributed by atoms with Crippen LogP contribution < -0.4 is 15.2 Å².